The standard InChI is InChI=1S/C22H26N/c1-14(2)19-9-7-8-18-13-23(6)22(12-21(18)19)20-11-15(3)10-16(4)17(20)5/h7-14H,1-6H3/q+1. The third kappa shape index (κ3) is 2.76. The highest BCUT2D eigenvalue weighted by molar-refractivity contribution is 5.87. The zero-order valence-corrected chi connectivity index (χ0v) is 15.1. The molecule has 0 saturated carbocycles. The monoisotopic (exact) mass is 304 g/mol. The average molecular weight is 304 g/mol. The zero-order valence-electron chi connectivity index (χ0n) is 15.1. The summed E-state index contributed by atoms with van der Waals surface area (Å²) in [7, 11) is 2.15. The van der Waals surface area contributed by atoms with Gasteiger partial charge in [0.1, 0.15) is 7.05 Å². The van der Waals surface area contributed by atoms with Crippen LogP contribution in [0.25, 0.3) is 22.0 Å². The first-order chi connectivity index (χ1) is 10.9. The van der Waals surface area contributed by atoms with E-state index >= 15 is 0 Å². The number of nitrogens with zero attached hydrogens (tertiary/aromatic N) is 1. The number of pyridine rings is 1. The smallest absolute Gasteiger partial charge is 0.200 e. The van der Waals surface area contributed by atoms with Gasteiger partial charge in [0.15, 0.2) is 6.20 Å². The van der Waals surface area contributed by atoms with Crippen LogP contribution in [0.3, 0.4) is 0 Å². The van der Waals surface area contributed by atoms with Crippen molar-refractivity contribution in [1.82, 2.24) is 0 Å². The molecule has 0 spiro atoms. The molecule has 0 aliphatic carbocycles. The molecule has 0 fully saturated rings. The van der Waals surface area contributed by atoms with E-state index in [9.17, 15) is 0 Å². The molecule has 0 saturated heterocycles. The highest BCUT2D eigenvalue weighted by atomic mass is 14.9. The Morgan fingerprint density at radius 3 is 2.39 bits per heavy atom. The predicted octanol–water partition coefficient (Wildman–Crippen LogP) is 5.38. The van der Waals surface area contributed by atoms with Gasteiger partial charge in [-0.1, -0.05) is 37.6 Å². The Balaban J connectivity index is 2.35. The molecule has 0 radical (unpaired) electrons. The Hall–Kier alpha value is -2.15. The number of hydrogen-bond donors (Lipinski definition) is 0. The highest BCUT2D eigenvalue weighted by Crippen LogP contribution is 2.30. The number of aromatic nitrogens is 1. The first-order valence-corrected chi connectivity index (χ1v) is 8.39. The van der Waals surface area contributed by atoms with Crippen molar-refractivity contribution >= 4 is 10.8 Å². The summed E-state index contributed by atoms with van der Waals surface area (Å²) in [5.41, 5.74) is 8.09. The van der Waals surface area contributed by atoms with Crippen molar-refractivity contribution in [3.63, 3.8) is 0 Å². The molecule has 0 aliphatic heterocycles. The second-order valence-electron chi connectivity index (χ2n) is 7.03. The van der Waals surface area contributed by atoms with Gasteiger partial charge in [-0.3, -0.25) is 0 Å². The third-order valence-corrected chi connectivity index (χ3v) is 4.88. The number of aryl methyl sites for hydroxylation is 3. The van der Waals surface area contributed by atoms with Gasteiger partial charge in [-0.05, 0) is 60.9 Å². The topological polar surface area (TPSA) is 3.88 Å². The minimum atomic E-state index is 0.527. The number of rotatable bonds is 2. The van der Waals surface area contributed by atoms with Gasteiger partial charge in [0, 0.05) is 17.0 Å². The number of benzene rings is 2. The average Bonchev–Trinajstić information content (AvgIpc) is 2.49. The molecule has 1 aromatic heterocycles. The van der Waals surface area contributed by atoms with E-state index in [1.807, 2.05) is 0 Å². The van der Waals surface area contributed by atoms with Crippen LogP contribution in [0.5, 0.6) is 0 Å². The van der Waals surface area contributed by atoms with E-state index in [2.05, 4.69) is 88.8 Å². The molecule has 0 N–H and O–H groups in total. The summed E-state index contributed by atoms with van der Waals surface area (Å²) in [6, 6.07) is 13.6. The van der Waals surface area contributed by atoms with E-state index in [0.29, 0.717) is 5.92 Å². The van der Waals surface area contributed by atoms with Crippen LogP contribution in [0.15, 0.2) is 42.6 Å². The van der Waals surface area contributed by atoms with Gasteiger partial charge < -0.3 is 0 Å². The molecule has 1 heteroatoms. The van der Waals surface area contributed by atoms with Crippen LogP contribution >= 0.6 is 0 Å². The molecule has 1 heterocycles. The normalized spacial score (nSPS) is 11.4. The molecule has 0 unspecified atom stereocenters. The van der Waals surface area contributed by atoms with Crippen molar-refractivity contribution in [3.8, 4) is 11.3 Å². The van der Waals surface area contributed by atoms with Gasteiger partial charge in [0.05, 0.1) is 0 Å². The minimum absolute atomic E-state index is 0.527. The summed E-state index contributed by atoms with van der Waals surface area (Å²) >= 11 is 0. The maximum Gasteiger partial charge on any atom is 0.213 e. The molecule has 0 atom stereocenters. The molecule has 2 aromatic carbocycles. The SMILES string of the molecule is Cc1cc(C)c(C)c(-c2cc3c(C(C)C)cccc3c[n+]2C)c1. The lowest BCUT2D eigenvalue weighted by Crippen LogP contribution is -2.30. The largest absolute Gasteiger partial charge is 0.213 e. The van der Waals surface area contributed by atoms with Gasteiger partial charge in [-0.2, -0.15) is 0 Å². The maximum absolute atomic E-state index is 2.37. The lowest BCUT2D eigenvalue weighted by atomic mass is 9.93. The molecule has 118 valence electrons. The molecule has 3 aromatic rings. The quantitative estimate of drug-likeness (QED) is 0.560. The van der Waals surface area contributed by atoms with E-state index in [0.717, 1.165) is 0 Å². The van der Waals surface area contributed by atoms with Gasteiger partial charge in [-0.15, -0.1) is 0 Å². The predicted molar refractivity (Wildman–Crippen MR) is 98.9 cm³/mol. The molecule has 0 bridgehead atoms. The summed E-state index contributed by atoms with van der Waals surface area (Å²) in [4.78, 5) is 0. The second-order valence-corrected chi connectivity index (χ2v) is 7.03. The van der Waals surface area contributed by atoms with E-state index in [-0.39, 0.29) is 0 Å². The maximum atomic E-state index is 2.37. The van der Waals surface area contributed by atoms with Crippen LogP contribution in [0.1, 0.15) is 42.0 Å². The number of fused-ring (bicyclic) bond motifs is 1. The Labute approximate surface area is 139 Å². The highest BCUT2D eigenvalue weighted by Gasteiger charge is 2.17. The van der Waals surface area contributed by atoms with Gasteiger partial charge in [0.2, 0.25) is 5.69 Å². The Morgan fingerprint density at radius 2 is 1.70 bits per heavy atom. The van der Waals surface area contributed by atoms with Gasteiger partial charge >= 0.3 is 0 Å². The Kier molecular flexibility index (Phi) is 3.97. The lowest BCUT2D eigenvalue weighted by Gasteiger charge is -2.13. The molecule has 3 rings (SSSR count). The number of hydrogen-bond acceptors (Lipinski definition) is 0. The molecule has 0 aliphatic rings. The third-order valence-electron chi connectivity index (χ3n) is 4.88. The van der Waals surface area contributed by atoms with Crippen LogP contribution in [-0.4, -0.2) is 0 Å². The first kappa shape index (κ1) is 15.7. The van der Waals surface area contributed by atoms with Gasteiger partial charge in [0.25, 0.3) is 0 Å². The summed E-state index contributed by atoms with van der Waals surface area (Å²) < 4.78 is 2.26. The van der Waals surface area contributed by atoms with Crippen molar-refractivity contribution < 1.29 is 4.57 Å². The van der Waals surface area contributed by atoms with Crippen LogP contribution < -0.4 is 4.57 Å². The van der Waals surface area contributed by atoms with Crippen molar-refractivity contribution in [3.05, 3.63) is 64.8 Å². The van der Waals surface area contributed by atoms with Crippen LogP contribution in [0, 0.1) is 20.8 Å². The fraction of sp³-hybridized carbons (Fsp3) is 0.318. The van der Waals surface area contributed by atoms with Crippen molar-refractivity contribution in [2.45, 2.75) is 40.5 Å². The van der Waals surface area contributed by atoms with Gasteiger partial charge in [-0.25, -0.2) is 4.57 Å². The fourth-order valence-electron chi connectivity index (χ4n) is 3.47. The lowest BCUT2D eigenvalue weighted by molar-refractivity contribution is -0.659. The summed E-state index contributed by atoms with van der Waals surface area (Å²) in [6.45, 7) is 11.1. The Morgan fingerprint density at radius 1 is 0.957 bits per heavy atom. The molecular formula is C22H26N+. The van der Waals surface area contributed by atoms with Crippen molar-refractivity contribution in [1.29, 1.82) is 0 Å². The van der Waals surface area contributed by atoms with E-state index < -0.39 is 0 Å². The Bertz CT molecular complexity index is 888. The molecule has 1 nitrogen and oxygen atoms in total. The fourth-order valence-corrected chi connectivity index (χ4v) is 3.47. The van der Waals surface area contributed by atoms with Crippen molar-refractivity contribution in [2.75, 3.05) is 0 Å². The van der Waals surface area contributed by atoms with E-state index in [1.165, 1.54) is 44.3 Å². The van der Waals surface area contributed by atoms with E-state index in [4.69, 9.17) is 0 Å². The van der Waals surface area contributed by atoms with Crippen LogP contribution in [0.2, 0.25) is 0 Å². The second kappa shape index (κ2) is 5.81. The summed E-state index contributed by atoms with van der Waals surface area (Å²) in [5.74, 6) is 0.527. The molecule has 0 amide bonds. The van der Waals surface area contributed by atoms with Crippen LogP contribution in [-0.2, 0) is 7.05 Å². The zero-order chi connectivity index (χ0) is 16.7. The molecule has 23 heavy (non-hydrogen) atoms. The first-order valence-electron chi connectivity index (χ1n) is 8.39. The minimum Gasteiger partial charge on any atom is -0.200 e. The van der Waals surface area contributed by atoms with E-state index in [1.54, 1.807) is 0 Å². The summed E-state index contributed by atoms with van der Waals surface area (Å²) in [6.07, 6.45) is 2.26. The molecular weight excluding hydrogens is 278 g/mol. The summed E-state index contributed by atoms with van der Waals surface area (Å²) in [5, 5.41) is 2.68. The van der Waals surface area contributed by atoms with Crippen molar-refractivity contribution in [2.24, 2.45) is 7.05 Å². The van der Waals surface area contributed by atoms with Crippen LogP contribution in [0.4, 0.5) is 0 Å².